The molecule has 0 aromatic rings. The second-order valence-corrected chi connectivity index (χ2v) is 5.64. The zero-order valence-corrected chi connectivity index (χ0v) is 9.92. The topological polar surface area (TPSA) is 37.3 Å². The summed E-state index contributed by atoms with van der Waals surface area (Å²) in [7, 11) is 0. The molecule has 0 aliphatic rings. The van der Waals surface area contributed by atoms with E-state index in [4.69, 9.17) is 39.9 Å². The van der Waals surface area contributed by atoms with Crippen LogP contribution in [0.15, 0.2) is 0 Å². The molecule has 12 heavy (non-hydrogen) atoms. The van der Waals surface area contributed by atoms with Crippen molar-refractivity contribution in [1.29, 1.82) is 0 Å². The van der Waals surface area contributed by atoms with Gasteiger partial charge >= 0.3 is 5.97 Å². The van der Waals surface area contributed by atoms with Crippen LogP contribution < -0.4 is 0 Å². The minimum absolute atomic E-state index is 0.0403. The monoisotopic (exact) mass is 296 g/mol. The first-order chi connectivity index (χ1) is 5.37. The Morgan fingerprint density at radius 1 is 1.50 bits per heavy atom. The van der Waals surface area contributed by atoms with Crippen LogP contribution in [0.5, 0.6) is 0 Å². The third-order valence-electron chi connectivity index (χ3n) is 1.28. The van der Waals surface area contributed by atoms with Crippen molar-refractivity contribution in [1.82, 2.24) is 0 Å². The molecule has 2 nitrogen and oxygen atoms in total. The zero-order valence-electron chi connectivity index (χ0n) is 6.07. The molecular weight excluding hydrogens is 290 g/mol. The molecule has 0 fully saturated rings. The number of alkyl halides is 4. The van der Waals surface area contributed by atoms with Crippen molar-refractivity contribution in [3.8, 4) is 0 Å². The Morgan fingerprint density at radius 2 is 2.00 bits per heavy atom. The van der Waals surface area contributed by atoms with Crippen LogP contribution in [0, 0.1) is 5.92 Å². The van der Waals surface area contributed by atoms with Gasteiger partial charge in [0, 0.05) is 11.8 Å². The van der Waals surface area contributed by atoms with Crippen LogP contribution in [-0.2, 0) is 4.79 Å². The molecule has 0 aliphatic heterocycles. The Balaban J connectivity index is 4.05. The van der Waals surface area contributed by atoms with Gasteiger partial charge in [-0.15, -0.1) is 0 Å². The minimum atomic E-state index is -1.48. The van der Waals surface area contributed by atoms with E-state index in [9.17, 15) is 4.79 Å². The summed E-state index contributed by atoms with van der Waals surface area (Å²) < 4.78 is -1.48. The highest BCUT2D eigenvalue weighted by molar-refractivity contribution is 9.09. The number of hydrogen-bond donors (Lipinski definition) is 1. The lowest BCUT2D eigenvalue weighted by molar-refractivity contribution is -0.141. The van der Waals surface area contributed by atoms with E-state index in [0.717, 1.165) is 0 Å². The molecule has 1 atom stereocenters. The van der Waals surface area contributed by atoms with E-state index in [1.165, 1.54) is 0 Å². The molecule has 6 heteroatoms. The molecule has 0 spiro atoms. The highest BCUT2D eigenvalue weighted by Crippen LogP contribution is 2.34. The van der Waals surface area contributed by atoms with Crippen molar-refractivity contribution in [2.45, 2.75) is 16.6 Å². The molecule has 0 aliphatic carbocycles. The molecule has 0 aromatic heterocycles. The Morgan fingerprint density at radius 3 is 2.25 bits per heavy atom. The van der Waals surface area contributed by atoms with Gasteiger partial charge in [-0.1, -0.05) is 50.7 Å². The molecule has 0 rings (SSSR count). The molecule has 0 saturated carbocycles. The fourth-order valence-corrected chi connectivity index (χ4v) is 1.84. The summed E-state index contributed by atoms with van der Waals surface area (Å²) in [5, 5.41) is 9.26. The van der Waals surface area contributed by atoms with E-state index in [2.05, 4.69) is 15.9 Å². The van der Waals surface area contributed by atoms with Crippen LogP contribution in [0.3, 0.4) is 0 Å². The fraction of sp³-hybridized carbons (Fsp3) is 0.833. The molecule has 0 saturated heterocycles. The molecule has 0 amide bonds. The first-order valence-electron chi connectivity index (χ1n) is 3.22. The van der Waals surface area contributed by atoms with Crippen molar-refractivity contribution >= 4 is 56.7 Å². The second kappa shape index (κ2) is 5.53. The summed E-state index contributed by atoms with van der Waals surface area (Å²) in [5.41, 5.74) is 0. The van der Waals surface area contributed by atoms with E-state index in [1.807, 2.05) is 0 Å². The summed E-state index contributed by atoms with van der Waals surface area (Å²) in [6.45, 7) is 0. The number of carboxylic acid groups (broad SMARTS) is 1. The Kier molecular flexibility index (Phi) is 5.91. The first-order valence-corrected chi connectivity index (χ1v) is 5.48. The normalized spacial score (nSPS) is 14.3. The summed E-state index contributed by atoms with van der Waals surface area (Å²) in [5.74, 6) is -1.53. The minimum Gasteiger partial charge on any atom is -0.481 e. The maximum atomic E-state index is 10.6. The van der Waals surface area contributed by atoms with Gasteiger partial charge in [-0.2, -0.15) is 0 Å². The van der Waals surface area contributed by atoms with Crippen molar-refractivity contribution in [2.75, 3.05) is 5.33 Å². The molecule has 0 aromatic carbocycles. The van der Waals surface area contributed by atoms with E-state index in [-0.39, 0.29) is 6.42 Å². The zero-order chi connectivity index (χ0) is 9.78. The van der Waals surface area contributed by atoms with Crippen LogP contribution in [0.1, 0.15) is 12.8 Å². The SMILES string of the molecule is O=C(O)C(CCBr)CC(Cl)(Cl)Cl. The lowest BCUT2D eigenvalue weighted by Gasteiger charge is -2.16. The van der Waals surface area contributed by atoms with Gasteiger partial charge < -0.3 is 5.11 Å². The van der Waals surface area contributed by atoms with Gasteiger partial charge in [0.25, 0.3) is 0 Å². The lowest BCUT2D eigenvalue weighted by Crippen LogP contribution is -2.20. The van der Waals surface area contributed by atoms with Gasteiger partial charge in [0.15, 0.2) is 3.79 Å². The van der Waals surface area contributed by atoms with Crippen LogP contribution in [0.2, 0.25) is 0 Å². The predicted octanol–water partition coefficient (Wildman–Crippen LogP) is 3.23. The van der Waals surface area contributed by atoms with Crippen LogP contribution in [0.4, 0.5) is 0 Å². The largest absolute Gasteiger partial charge is 0.481 e. The van der Waals surface area contributed by atoms with Crippen LogP contribution in [0.25, 0.3) is 0 Å². The average Bonchev–Trinajstić information content (AvgIpc) is 1.83. The van der Waals surface area contributed by atoms with Crippen molar-refractivity contribution in [3.63, 3.8) is 0 Å². The number of hydrogen-bond acceptors (Lipinski definition) is 1. The number of aliphatic carboxylic acids is 1. The average molecular weight is 298 g/mol. The molecule has 1 N–H and O–H groups in total. The Labute approximate surface area is 94.3 Å². The predicted molar refractivity (Wildman–Crippen MR) is 54.4 cm³/mol. The Bertz CT molecular complexity index is 157. The molecule has 0 heterocycles. The quantitative estimate of drug-likeness (QED) is 0.809. The van der Waals surface area contributed by atoms with Gasteiger partial charge in [0.2, 0.25) is 0 Å². The lowest BCUT2D eigenvalue weighted by atomic mass is 10.0. The van der Waals surface area contributed by atoms with Crippen molar-refractivity contribution < 1.29 is 9.90 Å². The maximum Gasteiger partial charge on any atom is 0.306 e. The molecule has 0 bridgehead atoms. The van der Waals surface area contributed by atoms with E-state index < -0.39 is 15.7 Å². The number of rotatable bonds is 4. The van der Waals surface area contributed by atoms with Crippen molar-refractivity contribution in [3.05, 3.63) is 0 Å². The smallest absolute Gasteiger partial charge is 0.306 e. The first kappa shape index (κ1) is 12.8. The Hall–Kier alpha value is 0.820. The summed E-state index contributed by atoms with van der Waals surface area (Å²) >= 11 is 19.5. The van der Waals surface area contributed by atoms with Gasteiger partial charge in [-0.05, 0) is 6.42 Å². The van der Waals surface area contributed by atoms with Gasteiger partial charge in [-0.3, -0.25) is 4.79 Å². The number of carboxylic acids is 1. The fourth-order valence-electron chi connectivity index (χ4n) is 0.724. The maximum absolute atomic E-state index is 10.6. The third-order valence-corrected chi connectivity index (χ3v) is 2.21. The van der Waals surface area contributed by atoms with Gasteiger partial charge in [-0.25, -0.2) is 0 Å². The van der Waals surface area contributed by atoms with Gasteiger partial charge in [0.05, 0.1) is 5.92 Å². The third kappa shape index (κ3) is 6.35. The van der Waals surface area contributed by atoms with E-state index >= 15 is 0 Å². The molecular formula is C6H8BrCl3O2. The highest BCUT2D eigenvalue weighted by atomic mass is 79.9. The van der Waals surface area contributed by atoms with E-state index in [1.54, 1.807) is 0 Å². The number of carbonyl (C=O) groups is 1. The molecule has 0 radical (unpaired) electrons. The van der Waals surface area contributed by atoms with Crippen molar-refractivity contribution in [2.24, 2.45) is 5.92 Å². The molecule has 72 valence electrons. The summed E-state index contributed by atoms with van der Waals surface area (Å²) in [6, 6.07) is 0. The van der Waals surface area contributed by atoms with Crippen LogP contribution in [-0.4, -0.2) is 20.2 Å². The van der Waals surface area contributed by atoms with E-state index in [0.29, 0.717) is 11.8 Å². The number of halogens is 4. The standard InChI is InChI=1S/C6H8BrCl3O2/c7-2-1-4(5(11)12)3-6(8,9)10/h4H,1-3H2,(H,11,12). The van der Waals surface area contributed by atoms with Gasteiger partial charge in [0.1, 0.15) is 0 Å². The summed E-state index contributed by atoms with van der Waals surface area (Å²) in [6.07, 6.45) is 0.502. The molecule has 1 unspecified atom stereocenters. The summed E-state index contributed by atoms with van der Waals surface area (Å²) in [4.78, 5) is 10.6. The highest BCUT2D eigenvalue weighted by Gasteiger charge is 2.29. The second-order valence-electron chi connectivity index (χ2n) is 2.33. The van der Waals surface area contributed by atoms with Crippen LogP contribution >= 0.6 is 50.7 Å².